The highest BCUT2D eigenvalue weighted by Crippen LogP contribution is 2.39. The Balaban J connectivity index is 1.76. The molecule has 88 valence electrons. The van der Waals surface area contributed by atoms with Crippen molar-refractivity contribution in [2.75, 3.05) is 13.1 Å². The van der Waals surface area contributed by atoms with Gasteiger partial charge < -0.3 is 9.88 Å². The fourth-order valence-corrected chi connectivity index (χ4v) is 3.14. The fraction of sp³-hybridized carbons (Fsp3) is 0.769. The van der Waals surface area contributed by atoms with Crippen LogP contribution in [0.1, 0.15) is 50.3 Å². The van der Waals surface area contributed by atoms with Crippen molar-refractivity contribution in [3.05, 3.63) is 18.2 Å². The molecule has 0 spiro atoms. The van der Waals surface area contributed by atoms with Gasteiger partial charge in [-0.3, -0.25) is 0 Å². The number of nitrogens with one attached hydrogen (secondary N) is 1. The molecule has 1 saturated heterocycles. The van der Waals surface area contributed by atoms with Crippen molar-refractivity contribution in [1.82, 2.24) is 14.9 Å². The lowest BCUT2D eigenvalue weighted by atomic mass is 9.81. The summed E-state index contributed by atoms with van der Waals surface area (Å²) < 4.78 is 2.45. The van der Waals surface area contributed by atoms with Gasteiger partial charge in [0.15, 0.2) is 0 Å². The van der Waals surface area contributed by atoms with Gasteiger partial charge in [-0.05, 0) is 44.7 Å². The van der Waals surface area contributed by atoms with Gasteiger partial charge in [-0.2, -0.15) is 0 Å². The van der Waals surface area contributed by atoms with E-state index in [9.17, 15) is 0 Å². The van der Waals surface area contributed by atoms with Crippen molar-refractivity contribution in [1.29, 1.82) is 0 Å². The van der Waals surface area contributed by atoms with Crippen LogP contribution in [0.5, 0.6) is 0 Å². The predicted molar refractivity (Wildman–Crippen MR) is 64.5 cm³/mol. The van der Waals surface area contributed by atoms with Crippen molar-refractivity contribution in [3.8, 4) is 0 Å². The maximum absolute atomic E-state index is 4.37. The largest absolute Gasteiger partial charge is 0.331 e. The van der Waals surface area contributed by atoms with Gasteiger partial charge in [0.05, 0.1) is 6.33 Å². The van der Waals surface area contributed by atoms with E-state index in [1.807, 2.05) is 6.33 Å². The second-order valence-corrected chi connectivity index (χ2v) is 5.48. The molecular weight excluding hydrogens is 198 g/mol. The Morgan fingerprint density at radius 1 is 1.31 bits per heavy atom. The first-order valence-corrected chi connectivity index (χ1v) is 6.57. The predicted octanol–water partition coefficient (Wildman–Crippen LogP) is 2.32. The standard InChI is InChI=1S/C13H21N3/c1-10-6-12(7-10)16-9-15-8-13(16)11-2-4-14-5-3-11/h8-12,14H,2-7H2,1H3. The lowest BCUT2D eigenvalue weighted by Gasteiger charge is -2.36. The second kappa shape index (κ2) is 4.21. The number of aromatic nitrogens is 2. The summed E-state index contributed by atoms with van der Waals surface area (Å²) >= 11 is 0. The van der Waals surface area contributed by atoms with Crippen molar-refractivity contribution < 1.29 is 0 Å². The molecule has 0 radical (unpaired) electrons. The molecule has 1 saturated carbocycles. The van der Waals surface area contributed by atoms with Crippen LogP contribution in [0.2, 0.25) is 0 Å². The number of hydrogen-bond donors (Lipinski definition) is 1. The zero-order valence-corrected chi connectivity index (χ0v) is 10.0. The summed E-state index contributed by atoms with van der Waals surface area (Å²) in [6.07, 6.45) is 9.37. The average Bonchev–Trinajstić information content (AvgIpc) is 2.74. The average molecular weight is 219 g/mol. The molecule has 0 atom stereocenters. The number of piperidine rings is 1. The Kier molecular flexibility index (Phi) is 2.72. The molecule has 0 aromatic carbocycles. The summed E-state index contributed by atoms with van der Waals surface area (Å²) in [6, 6.07) is 0.738. The molecule has 3 nitrogen and oxygen atoms in total. The van der Waals surface area contributed by atoms with Crippen LogP contribution < -0.4 is 5.32 Å². The molecule has 1 aliphatic carbocycles. The smallest absolute Gasteiger partial charge is 0.0950 e. The number of rotatable bonds is 2. The van der Waals surface area contributed by atoms with E-state index in [0.29, 0.717) is 0 Å². The first-order valence-electron chi connectivity index (χ1n) is 6.57. The highest BCUT2D eigenvalue weighted by atomic mass is 15.1. The van der Waals surface area contributed by atoms with E-state index < -0.39 is 0 Å². The molecule has 3 heteroatoms. The highest BCUT2D eigenvalue weighted by Gasteiger charge is 2.29. The van der Waals surface area contributed by atoms with Gasteiger partial charge in [-0.25, -0.2) is 4.98 Å². The maximum atomic E-state index is 4.37. The van der Waals surface area contributed by atoms with Crippen LogP contribution in [0.25, 0.3) is 0 Å². The minimum absolute atomic E-state index is 0.736. The first kappa shape index (κ1) is 10.3. The molecular formula is C13H21N3. The summed E-state index contributed by atoms with van der Waals surface area (Å²) in [5, 5.41) is 3.43. The molecule has 1 aromatic heterocycles. The molecule has 3 rings (SSSR count). The van der Waals surface area contributed by atoms with Crippen molar-refractivity contribution >= 4 is 0 Å². The minimum Gasteiger partial charge on any atom is -0.331 e. The third-order valence-electron chi connectivity index (χ3n) is 4.20. The quantitative estimate of drug-likeness (QED) is 0.827. The van der Waals surface area contributed by atoms with Crippen LogP contribution in [0, 0.1) is 5.92 Å². The van der Waals surface area contributed by atoms with Crippen LogP contribution in [-0.4, -0.2) is 22.6 Å². The monoisotopic (exact) mass is 219 g/mol. The summed E-state index contributed by atoms with van der Waals surface area (Å²) in [4.78, 5) is 4.37. The number of hydrogen-bond acceptors (Lipinski definition) is 2. The molecule has 0 amide bonds. The Hall–Kier alpha value is -0.830. The van der Waals surface area contributed by atoms with Gasteiger partial charge >= 0.3 is 0 Å². The molecule has 1 N–H and O–H groups in total. The Morgan fingerprint density at radius 3 is 2.75 bits per heavy atom. The van der Waals surface area contributed by atoms with Crippen molar-refractivity contribution in [3.63, 3.8) is 0 Å². The summed E-state index contributed by atoms with van der Waals surface area (Å²) in [5.74, 6) is 1.65. The maximum Gasteiger partial charge on any atom is 0.0950 e. The second-order valence-electron chi connectivity index (χ2n) is 5.48. The van der Waals surface area contributed by atoms with Crippen molar-refractivity contribution in [2.45, 2.75) is 44.6 Å². The molecule has 2 heterocycles. The molecule has 2 aliphatic rings. The minimum atomic E-state index is 0.736. The van der Waals surface area contributed by atoms with E-state index in [2.05, 4.69) is 28.0 Å². The Labute approximate surface area is 97.3 Å². The van der Waals surface area contributed by atoms with Crippen molar-refractivity contribution in [2.24, 2.45) is 5.92 Å². The van der Waals surface area contributed by atoms with Gasteiger partial charge in [0.1, 0.15) is 0 Å². The van der Waals surface area contributed by atoms with Crippen LogP contribution in [0.3, 0.4) is 0 Å². The number of nitrogens with zero attached hydrogens (tertiary/aromatic N) is 2. The third-order valence-corrected chi connectivity index (χ3v) is 4.20. The van der Waals surface area contributed by atoms with E-state index in [-0.39, 0.29) is 0 Å². The molecule has 16 heavy (non-hydrogen) atoms. The van der Waals surface area contributed by atoms with Gasteiger partial charge in [0, 0.05) is 23.9 Å². The van der Waals surface area contributed by atoms with E-state index in [4.69, 9.17) is 0 Å². The normalized spacial score (nSPS) is 31.3. The molecule has 1 aliphatic heterocycles. The van der Waals surface area contributed by atoms with Crippen LogP contribution in [0.15, 0.2) is 12.5 Å². The molecule has 1 aromatic rings. The Morgan fingerprint density at radius 2 is 2.06 bits per heavy atom. The summed E-state index contributed by atoms with van der Waals surface area (Å²) in [5.41, 5.74) is 1.48. The lowest BCUT2D eigenvalue weighted by Crippen LogP contribution is -2.30. The van der Waals surface area contributed by atoms with Gasteiger partial charge in [0.25, 0.3) is 0 Å². The molecule has 0 bridgehead atoms. The zero-order chi connectivity index (χ0) is 11.0. The third kappa shape index (κ3) is 1.77. The lowest BCUT2D eigenvalue weighted by molar-refractivity contribution is 0.208. The summed E-state index contributed by atoms with van der Waals surface area (Å²) in [6.45, 7) is 4.67. The Bertz CT molecular complexity index is 346. The zero-order valence-electron chi connectivity index (χ0n) is 10.0. The highest BCUT2D eigenvalue weighted by molar-refractivity contribution is 5.10. The topological polar surface area (TPSA) is 29.9 Å². The van der Waals surface area contributed by atoms with Gasteiger partial charge in [0.2, 0.25) is 0 Å². The van der Waals surface area contributed by atoms with Gasteiger partial charge in [-0.15, -0.1) is 0 Å². The van der Waals surface area contributed by atoms with E-state index in [1.54, 1.807) is 0 Å². The number of imidazole rings is 1. The van der Waals surface area contributed by atoms with Crippen LogP contribution >= 0.6 is 0 Å². The van der Waals surface area contributed by atoms with E-state index in [1.165, 1.54) is 31.4 Å². The van der Waals surface area contributed by atoms with E-state index in [0.717, 1.165) is 31.0 Å². The van der Waals surface area contributed by atoms with Crippen LogP contribution in [-0.2, 0) is 0 Å². The summed E-state index contributed by atoms with van der Waals surface area (Å²) in [7, 11) is 0. The van der Waals surface area contributed by atoms with Gasteiger partial charge in [-0.1, -0.05) is 6.92 Å². The fourth-order valence-electron chi connectivity index (χ4n) is 3.14. The van der Waals surface area contributed by atoms with E-state index >= 15 is 0 Å². The SMILES string of the molecule is CC1CC(n2cncc2C2CCNCC2)C1. The first-order chi connectivity index (χ1) is 7.84. The van der Waals surface area contributed by atoms with Crippen LogP contribution in [0.4, 0.5) is 0 Å². The molecule has 0 unspecified atom stereocenters. The molecule has 2 fully saturated rings.